The zero-order chi connectivity index (χ0) is 15.6. The summed E-state index contributed by atoms with van der Waals surface area (Å²) in [7, 11) is 0. The maximum absolute atomic E-state index is 4.78. The van der Waals surface area contributed by atoms with Crippen molar-refractivity contribution in [1.29, 1.82) is 0 Å². The molecule has 0 aliphatic carbocycles. The molecule has 0 saturated heterocycles. The monoisotopic (exact) mass is 279 g/mol. The predicted molar refractivity (Wildman–Crippen MR) is 93.2 cm³/mol. The fourth-order valence-corrected chi connectivity index (χ4v) is 2.69. The Hall–Kier alpha value is -1.89. The van der Waals surface area contributed by atoms with E-state index in [1.165, 1.54) is 22.1 Å². The molecule has 0 unspecified atom stereocenters. The predicted octanol–water partition coefficient (Wildman–Crippen LogP) is 6.02. The Labute approximate surface area is 128 Å². The number of fused-ring (bicyclic) bond motifs is 1. The van der Waals surface area contributed by atoms with Crippen molar-refractivity contribution in [2.45, 2.75) is 41.5 Å². The highest BCUT2D eigenvalue weighted by atomic mass is 14.7. The van der Waals surface area contributed by atoms with E-state index in [2.05, 4.69) is 71.9 Å². The van der Waals surface area contributed by atoms with Crippen molar-refractivity contribution < 1.29 is 0 Å². The second kappa shape index (κ2) is 5.85. The molecule has 0 saturated carbocycles. The number of para-hydroxylation sites is 1. The highest BCUT2D eigenvalue weighted by Gasteiger charge is 2.16. The Kier molecular flexibility index (Phi) is 4.32. The molecule has 0 bridgehead atoms. The number of hydrogen-bond acceptors (Lipinski definition) is 1. The van der Waals surface area contributed by atoms with Crippen LogP contribution in [0, 0.1) is 5.41 Å². The summed E-state index contributed by atoms with van der Waals surface area (Å²) in [5.74, 6) is 0. The van der Waals surface area contributed by atoms with Crippen LogP contribution in [-0.2, 0) is 0 Å². The number of aromatic nitrogens is 1. The summed E-state index contributed by atoms with van der Waals surface area (Å²) in [6.07, 6.45) is 2.28. The molecule has 0 radical (unpaired) electrons. The highest BCUT2D eigenvalue weighted by molar-refractivity contribution is 5.81. The van der Waals surface area contributed by atoms with Crippen LogP contribution in [0.4, 0.5) is 0 Å². The first-order valence-electron chi connectivity index (χ1n) is 7.51. The van der Waals surface area contributed by atoms with Gasteiger partial charge in [-0.2, -0.15) is 0 Å². The molecule has 1 nitrogen and oxygen atoms in total. The molecule has 1 heteroatoms. The van der Waals surface area contributed by atoms with Crippen LogP contribution in [-0.4, -0.2) is 4.98 Å². The molecule has 110 valence electrons. The maximum Gasteiger partial charge on any atom is 0.0709 e. The average Bonchev–Trinajstić information content (AvgIpc) is 2.42. The topological polar surface area (TPSA) is 12.9 Å². The first-order chi connectivity index (χ1) is 9.79. The fourth-order valence-electron chi connectivity index (χ4n) is 2.69. The van der Waals surface area contributed by atoms with Crippen molar-refractivity contribution in [3.63, 3.8) is 0 Å². The molecule has 0 aliphatic rings. The van der Waals surface area contributed by atoms with Crippen molar-refractivity contribution >= 4 is 16.5 Å². The molecule has 21 heavy (non-hydrogen) atoms. The average molecular weight is 279 g/mol. The van der Waals surface area contributed by atoms with Gasteiger partial charge in [0.2, 0.25) is 0 Å². The quantitative estimate of drug-likeness (QED) is 0.612. The standard InChI is InChI=1S/C20H25N/c1-14(2)17(20(4,5)6)13-15(3)18-12-11-16-9-7-8-10-19(16)21-18/h7-13H,1-6H3/b15-13+. The van der Waals surface area contributed by atoms with Crippen molar-refractivity contribution in [2.75, 3.05) is 0 Å². The molecule has 0 N–H and O–H groups in total. The molecule has 1 aromatic carbocycles. The molecule has 0 spiro atoms. The Balaban J connectivity index is 2.48. The first kappa shape index (κ1) is 15.5. The van der Waals surface area contributed by atoms with Gasteiger partial charge < -0.3 is 0 Å². The molecule has 0 fully saturated rings. The van der Waals surface area contributed by atoms with Crippen LogP contribution in [0.1, 0.15) is 47.2 Å². The van der Waals surface area contributed by atoms with Gasteiger partial charge in [0.15, 0.2) is 0 Å². The van der Waals surface area contributed by atoms with E-state index < -0.39 is 0 Å². The van der Waals surface area contributed by atoms with Gasteiger partial charge in [0.25, 0.3) is 0 Å². The normalized spacial score (nSPS) is 12.6. The van der Waals surface area contributed by atoms with E-state index in [1.54, 1.807) is 0 Å². The van der Waals surface area contributed by atoms with Gasteiger partial charge >= 0.3 is 0 Å². The van der Waals surface area contributed by atoms with Crippen molar-refractivity contribution in [3.05, 3.63) is 59.3 Å². The third-order valence-electron chi connectivity index (χ3n) is 3.71. The van der Waals surface area contributed by atoms with Crippen LogP contribution in [0.2, 0.25) is 0 Å². The summed E-state index contributed by atoms with van der Waals surface area (Å²) in [5.41, 5.74) is 6.22. The smallest absolute Gasteiger partial charge is 0.0709 e. The largest absolute Gasteiger partial charge is 0.248 e. The van der Waals surface area contributed by atoms with Gasteiger partial charge in [-0.1, -0.05) is 56.7 Å². The van der Waals surface area contributed by atoms with E-state index in [0.717, 1.165) is 11.2 Å². The Morgan fingerprint density at radius 1 is 0.952 bits per heavy atom. The minimum Gasteiger partial charge on any atom is -0.248 e. The molecular formula is C20H25N. The lowest BCUT2D eigenvalue weighted by atomic mass is 9.82. The molecule has 0 amide bonds. The van der Waals surface area contributed by atoms with Crippen molar-refractivity contribution in [1.82, 2.24) is 4.98 Å². The van der Waals surface area contributed by atoms with Gasteiger partial charge in [-0.25, -0.2) is 4.98 Å². The lowest BCUT2D eigenvalue weighted by Crippen LogP contribution is -2.09. The summed E-state index contributed by atoms with van der Waals surface area (Å²) >= 11 is 0. The van der Waals surface area contributed by atoms with Crippen molar-refractivity contribution in [3.8, 4) is 0 Å². The number of allylic oxidation sites excluding steroid dienone is 4. The lowest BCUT2D eigenvalue weighted by Gasteiger charge is -2.23. The number of benzene rings is 1. The second-order valence-corrected chi connectivity index (χ2v) is 6.88. The molecule has 0 aliphatic heterocycles. The SMILES string of the molecule is CC(C)=C(/C=C(\C)c1ccc2ccccc2n1)C(C)(C)C. The summed E-state index contributed by atoms with van der Waals surface area (Å²) in [4.78, 5) is 4.78. The summed E-state index contributed by atoms with van der Waals surface area (Å²) in [6.45, 7) is 13.3. The van der Waals surface area contributed by atoms with Gasteiger partial charge in [0.05, 0.1) is 11.2 Å². The first-order valence-corrected chi connectivity index (χ1v) is 7.51. The van der Waals surface area contributed by atoms with Crippen LogP contribution in [0.25, 0.3) is 16.5 Å². The van der Waals surface area contributed by atoms with E-state index in [-0.39, 0.29) is 5.41 Å². The summed E-state index contributed by atoms with van der Waals surface area (Å²) < 4.78 is 0. The number of rotatable bonds is 2. The third-order valence-corrected chi connectivity index (χ3v) is 3.71. The number of pyridine rings is 1. The summed E-state index contributed by atoms with van der Waals surface area (Å²) in [5, 5.41) is 1.19. The van der Waals surface area contributed by atoms with Gasteiger partial charge in [0, 0.05) is 5.39 Å². The van der Waals surface area contributed by atoms with Crippen LogP contribution in [0.5, 0.6) is 0 Å². The Bertz CT molecular complexity index is 708. The summed E-state index contributed by atoms with van der Waals surface area (Å²) in [6, 6.07) is 12.5. The minimum absolute atomic E-state index is 0.150. The van der Waals surface area contributed by atoms with Gasteiger partial charge in [-0.05, 0) is 49.5 Å². The van der Waals surface area contributed by atoms with E-state index in [1.807, 2.05) is 12.1 Å². The third kappa shape index (κ3) is 3.60. The van der Waals surface area contributed by atoms with Crippen molar-refractivity contribution in [2.24, 2.45) is 5.41 Å². The maximum atomic E-state index is 4.78. The molecule has 0 atom stereocenters. The Morgan fingerprint density at radius 3 is 2.24 bits per heavy atom. The van der Waals surface area contributed by atoms with E-state index in [4.69, 9.17) is 4.98 Å². The fraction of sp³-hybridized carbons (Fsp3) is 0.350. The number of hydrogen-bond donors (Lipinski definition) is 0. The van der Waals surface area contributed by atoms with Gasteiger partial charge in [0.1, 0.15) is 0 Å². The number of nitrogens with zero attached hydrogens (tertiary/aromatic N) is 1. The van der Waals surface area contributed by atoms with Crippen LogP contribution >= 0.6 is 0 Å². The minimum atomic E-state index is 0.150. The molecule has 2 aromatic rings. The molecular weight excluding hydrogens is 254 g/mol. The van der Waals surface area contributed by atoms with Gasteiger partial charge in [-0.3, -0.25) is 0 Å². The molecule has 1 heterocycles. The lowest BCUT2D eigenvalue weighted by molar-refractivity contribution is 0.512. The van der Waals surface area contributed by atoms with Crippen LogP contribution in [0.3, 0.4) is 0 Å². The van der Waals surface area contributed by atoms with Crippen LogP contribution in [0.15, 0.2) is 53.6 Å². The second-order valence-electron chi connectivity index (χ2n) is 6.88. The van der Waals surface area contributed by atoms with Crippen LogP contribution < -0.4 is 0 Å². The molecule has 2 rings (SSSR count). The highest BCUT2D eigenvalue weighted by Crippen LogP contribution is 2.31. The van der Waals surface area contributed by atoms with E-state index >= 15 is 0 Å². The zero-order valence-corrected chi connectivity index (χ0v) is 14.0. The zero-order valence-electron chi connectivity index (χ0n) is 14.0. The van der Waals surface area contributed by atoms with E-state index in [0.29, 0.717) is 0 Å². The Morgan fingerprint density at radius 2 is 1.62 bits per heavy atom. The van der Waals surface area contributed by atoms with Gasteiger partial charge in [-0.15, -0.1) is 0 Å². The van der Waals surface area contributed by atoms with E-state index in [9.17, 15) is 0 Å². The molecule has 1 aromatic heterocycles.